The SMILES string of the molecule is COc1ccc(N(C)c2nc3sccn3c2CO)cc1. The quantitative estimate of drug-likeness (QED) is 0.802. The fourth-order valence-corrected chi connectivity index (χ4v) is 2.89. The standard InChI is InChI=1S/C14H15N3O2S/c1-16(10-3-5-11(19-2)6-4-10)13-12(9-18)17-7-8-20-14(17)15-13/h3-8,18H,9H2,1-2H3. The van der Waals surface area contributed by atoms with Crippen molar-refractivity contribution in [3.8, 4) is 5.75 Å². The molecule has 0 spiro atoms. The van der Waals surface area contributed by atoms with E-state index in [0.29, 0.717) is 0 Å². The molecular weight excluding hydrogens is 274 g/mol. The number of anilines is 2. The first-order valence-electron chi connectivity index (χ1n) is 6.17. The van der Waals surface area contributed by atoms with Crippen LogP contribution in [0.4, 0.5) is 11.5 Å². The first-order valence-corrected chi connectivity index (χ1v) is 7.05. The number of thiazole rings is 1. The predicted octanol–water partition coefficient (Wildman–Crippen LogP) is 2.66. The van der Waals surface area contributed by atoms with Crippen LogP contribution in [0.5, 0.6) is 5.75 Å². The molecule has 0 amide bonds. The van der Waals surface area contributed by atoms with Crippen LogP contribution >= 0.6 is 11.3 Å². The summed E-state index contributed by atoms with van der Waals surface area (Å²) in [5.74, 6) is 1.58. The van der Waals surface area contributed by atoms with Crippen LogP contribution in [0.2, 0.25) is 0 Å². The summed E-state index contributed by atoms with van der Waals surface area (Å²) in [6, 6.07) is 7.74. The molecule has 0 radical (unpaired) electrons. The molecule has 2 aromatic heterocycles. The minimum absolute atomic E-state index is 0.0479. The highest BCUT2D eigenvalue weighted by molar-refractivity contribution is 7.15. The molecule has 0 bridgehead atoms. The summed E-state index contributed by atoms with van der Waals surface area (Å²) in [4.78, 5) is 7.42. The normalized spacial score (nSPS) is 10.9. The highest BCUT2D eigenvalue weighted by Crippen LogP contribution is 2.30. The summed E-state index contributed by atoms with van der Waals surface area (Å²) < 4.78 is 7.08. The summed E-state index contributed by atoms with van der Waals surface area (Å²) in [6.45, 7) is -0.0479. The Morgan fingerprint density at radius 2 is 2.10 bits per heavy atom. The molecular formula is C14H15N3O2S. The average Bonchev–Trinajstić information content (AvgIpc) is 3.06. The predicted molar refractivity (Wildman–Crippen MR) is 80.0 cm³/mol. The highest BCUT2D eigenvalue weighted by atomic mass is 32.1. The maximum absolute atomic E-state index is 9.60. The van der Waals surface area contributed by atoms with Gasteiger partial charge in [-0.3, -0.25) is 4.40 Å². The van der Waals surface area contributed by atoms with Crippen molar-refractivity contribution in [1.29, 1.82) is 0 Å². The fourth-order valence-electron chi connectivity index (χ4n) is 2.16. The second-order valence-corrected chi connectivity index (χ2v) is 5.23. The van der Waals surface area contributed by atoms with Crippen LogP contribution in [-0.4, -0.2) is 28.6 Å². The lowest BCUT2D eigenvalue weighted by molar-refractivity contribution is 0.276. The van der Waals surface area contributed by atoms with E-state index in [9.17, 15) is 5.11 Å². The van der Waals surface area contributed by atoms with Gasteiger partial charge in [0, 0.05) is 24.3 Å². The third kappa shape index (κ3) is 2.03. The van der Waals surface area contributed by atoms with Gasteiger partial charge in [-0.2, -0.15) is 0 Å². The first kappa shape index (κ1) is 13.0. The molecule has 3 rings (SSSR count). The smallest absolute Gasteiger partial charge is 0.195 e. The number of aliphatic hydroxyl groups excluding tert-OH is 1. The number of hydrogen-bond acceptors (Lipinski definition) is 5. The van der Waals surface area contributed by atoms with E-state index in [4.69, 9.17) is 4.74 Å². The van der Waals surface area contributed by atoms with Crippen molar-refractivity contribution in [1.82, 2.24) is 9.38 Å². The van der Waals surface area contributed by atoms with Crippen LogP contribution in [0.3, 0.4) is 0 Å². The molecule has 1 aromatic carbocycles. The van der Waals surface area contributed by atoms with Crippen molar-refractivity contribution in [2.24, 2.45) is 0 Å². The second-order valence-electron chi connectivity index (χ2n) is 4.35. The maximum atomic E-state index is 9.60. The molecule has 0 aliphatic heterocycles. The number of methoxy groups -OCH3 is 1. The second kappa shape index (κ2) is 5.15. The van der Waals surface area contributed by atoms with E-state index in [1.165, 1.54) is 0 Å². The first-order chi connectivity index (χ1) is 9.74. The molecule has 6 heteroatoms. The number of ether oxygens (including phenoxy) is 1. The molecule has 104 valence electrons. The molecule has 3 aromatic rings. The van der Waals surface area contributed by atoms with E-state index in [0.717, 1.165) is 27.9 Å². The van der Waals surface area contributed by atoms with Crippen molar-refractivity contribution >= 4 is 27.8 Å². The summed E-state index contributed by atoms with van der Waals surface area (Å²) in [5, 5.41) is 11.6. The van der Waals surface area contributed by atoms with Gasteiger partial charge < -0.3 is 14.7 Å². The lowest BCUT2D eigenvalue weighted by atomic mass is 10.2. The Labute approximate surface area is 120 Å². The Hall–Kier alpha value is -2.05. The number of hydrogen-bond donors (Lipinski definition) is 1. The zero-order valence-corrected chi connectivity index (χ0v) is 12.1. The molecule has 2 heterocycles. The third-order valence-corrected chi connectivity index (χ3v) is 4.02. The summed E-state index contributed by atoms with van der Waals surface area (Å²) in [6.07, 6.45) is 1.92. The molecule has 20 heavy (non-hydrogen) atoms. The Kier molecular flexibility index (Phi) is 3.33. The largest absolute Gasteiger partial charge is 0.497 e. The van der Waals surface area contributed by atoms with E-state index >= 15 is 0 Å². The number of rotatable bonds is 4. The van der Waals surface area contributed by atoms with Gasteiger partial charge in [-0.05, 0) is 24.3 Å². The zero-order chi connectivity index (χ0) is 14.1. The molecule has 0 saturated heterocycles. The van der Waals surface area contributed by atoms with Gasteiger partial charge in [0.15, 0.2) is 10.8 Å². The van der Waals surface area contributed by atoms with Crippen LogP contribution in [0.25, 0.3) is 4.96 Å². The van der Waals surface area contributed by atoms with Gasteiger partial charge in [-0.25, -0.2) is 4.98 Å². The van der Waals surface area contributed by atoms with Gasteiger partial charge in [0.1, 0.15) is 5.75 Å². The van der Waals surface area contributed by atoms with E-state index in [1.54, 1.807) is 18.4 Å². The number of benzene rings is 1. The highest BCUT2D eigenvalue weighted by Gasteiger charge is 2.16. The van der Waals surface area contributed by atoms with Crippen molar-refractivity contribution in [2.45, 2.75) is 6.61 Å². The number of aromatic nitrogens is 2. The maximum Gasteiger partial charge on any atom is 0.195 e. The summed E-state index contributed by atoms with van der Waals surface area (Å²) in [5.41, 5.74) is 1.78. The number of nitrogens with zero attached hydrogens (tertiary/aromatic N) is 3. The van der Waals surface area contributed by atoms with Gasteiger partial charge in [0.2, 0.25) is 0 Å². The van der Waals surface area contributed by atoms with Gasteiger partial charge in [-0.15, -0.1) is 11.3 Å². The average molecular weight is 289 g/mol. The van der Waals surface area contributed by atoms with Crippen molar-refractivity contribution < 1.29 is 9.84 Å². The Bertz CT molecular complexity index is 718. The van der Waals surface area contributed by atoms with Gasteiger partial charge >= 0.3 is 0 Å². The molecule has 0 fully saturated rings. The molecule has 0 unspecified atom stereocenters. The van der Waals surface area contributed by atoms with Crippen LogP contribution in [0.15, 0.2) is 35.8 Å². The molecule has 0 saturated carbocycles. The van der Waals surface area contributed by atoms with Crippen LogP contribution in [0.1, 0.15) is 5.69 Å². The lowest BCUT2D eigenvalue weighted by Gasteiger charge is -2.18. The van der Waals surface area contributed by atoms with E-state index in [1.807, 2.05) is 52.2 Å². The fraction of sp³-hybridized carbons (Fsp3) is 0.214. The lowest BCUT2D eigenvalue weighted by Crippen LogP contribution is -2.12. The molecule has 0 aliphatic rings. The third-order valence-electron chi connectivity index (χ3n) is 3.27. The Morgan fingerprint density at radius 3 is 2.75 bits per heavy atom. The molecule has 5 nitrogen and oxygen atoms in total. The Morgan fingerprint density at radius 1 is 1.35 bits per heavy atom. The summed E-state index contributed by atoms with van der Waals surface area (Å²) in [7, 11) is 3.58. The van der Waals surface area contributed by atoms with E-state index < -0.39 is 0 Å². The number of imidazole rings is 1. The monoisotopic (exact) mass is 289 g/mol. The van der Waals surface area contributed by atoms with Crippen LogP contribution in [0, 0.1) is 0 Å². The van der Waals surface area contributed by atoms with Crippen molar-refractivity contribution in [2.75, 3.05) is 19.1 Å². The van der Waals surface area contributed by atoms with Gasteiger partial charge in [0.05, 0.1) is 19.4 Å². The van der Waals surface area contributed by atoms with Crippen molar-refractivity contribution in [3.63, 3.8) is 0 Å². The zero-order valence-electron chi connectivity index (χ0n) is 11.3. The number of fused-ring (bicyclic) bond motifs is 1. The van der Waals surface area contributed by atoms with Gasteiger partial charge in [0.25, 0.3) is 0 Å². The Balaban J connectivity index is 2.02. The van der Waals surface area contributed by atoms with E-state index in [-0.39, 0.29) is 6.61 Å². The van der Waals surface area contributed by atoms with Crippen LogP contribution in [-0.2, 0) is 6.61 Å². The topological polar surface area (TPSA) is 50.0 Å². The number of aliphatic hydroxyl groups is 1. The molecule has 0 aliphatic carbocycles. The van der Waals surface area contributed by atoms with Gasteiger partial charge in [-0.1, -0.05) is 0 Å². The minimum atomic E-state index is -0.0479. The van der Waals surface area contributed by atoms with Crippen molar-refractivity contribution in [3.05, 3.63) is 41.5 Å². The van der Waals surface area contributed by atoms with Crippen LogP contribution < -0.4 is 9.64 Å². The molecule has 1 N–H and O–H groups in total. The van der Waals surface area contributed by atoms with E-state index in [2.05, 4.69) is 4.98 Å². The molecule has 0 atom stereocenters. The minimum Gasteiger partial charge on any atom is -0.497 e. The summed E-state index contributed by atoms with van der Waals surface area (Å²) >= 11 is 1.55.